The molecular weight excluding hydrogens is 924 g/mol. The third kappa shape index (κ3) is 58.0. The van der Waals surface area contributed by atoms with E-state index in [0.29, 0.717) is 17.4 Å². The molecule has 430 valence electrons. The summed E-state index contributed by atoms with van der Waals surface area (Å²) in [5, 5.41) is 13.8. The summed E-state index contributed by atoms with van der Waals surface area (Å²) in [6.07, 6.45) is 73.9. The number of carbonyl (C=O) groups excluding carboxylic acids is 1. The van der Waals surface area contributed by atoms with Gasteiger partial charge in [-0.05, 0) is 64.2 Å². The summed E-state index contributed by atoms with van der Waals surface area (Å²) in [5.74, 6) is -0.206. The second-order valence-electron chi connectivity index (χ2n) is 22.8. The fourth-order valence-electron chi connectivity index (χ4n) is 9.32. The first-order chi connectivity index (χ1) is 35.5. The number of allylic oxidation sites excluding steroid dienone is 7. The molecule has 0 aromatic carbocycles. The van der Waals surface area contributed by atoms with Crippen molar-refractivity contribution < 1.29 is 32.9 Å². The Balaban J connectivity index is 3.89. The second-order valence-corrected chi connectivity index (χ2v) is 24.2. The van der Waals surface area contributed by atoms with Gasteiger partial charge in [0, 0.05) is 6.42 Å². The molecule has 0 radical (unpaired) electrons. The van der Waals surface area contributed by atoms with Gasteiger partial charge in [0.1, 0.15) is 13.2 Å². The maximum Gasteiger partial charge on any atom is 0.268 e. The molecular formula is C64H123N2O6P. The summed E-state index contributed by atoms with van der Waals surface area (Å²) in [4.78, 5) is 25.4. The summed E-state index contributed by atoms with van der Waals surface area (Å²) < 4.78 is 23.3. The van der Waals surface area contributed by atoms with Crippen molar-refractivity contribution in [2.45, 2.75) is 315 Å². The number of nitrogens with one attached hydrogen (secondary N) is 1. The largest absolute Gasteiger partial charge is 0.756 e. The molecule has 0 saturated heterocycles. The van der Waals surface area contributed by atoms with Gasteiger partial charge in [-0.15, -0.1) is 0 Å². The maximum absolute atomic E-state index is 12.9. The molecule has 0 bridgehead atoms. The zero-order valence-electron chi connectivity index (χ0n) is 49.1. The number of nitrogens with zero attached hydrogens (tertiary/aromatic N) is 1. The molecule has 0 rings (SSSR count). The number of phosphoric ester groups is 1. The molecule has 2 N–H and O–H groups in total. The van der Waals surface area contributed by atoms with Crippen LogP contribution in [0.1, 0.15) is 303 Å². The smallest absolute Gasteiger partial charge is 0.268 e. The topological polar surface area (TPSA) is 108 Å². The normalized spacial score (nSPS) is 14.1. The molecule has 1 amide bonds. The van der Waals surface area contributed by atoms with E-state index in [1.807, 2.05) is 27.2 Å². The lowest BCUT2D eigenvalue weighted by Crippen LogP contribution is -2.45. The van der Waals surface area contributed by atoms with Crippen molar-refractivity contribution in [1.82, 2.24) is 5.32 Å². The molecule has 0 fully saturated rings. The number of aliphatic hydroxyl groups excluding tert-OH is 1. The van der Waals surface area contributed by atoms with Crippen LogP contribution in [-0.2, 0) is 18.4 Å². The van der Waals surface area contributed by atoms with Gasteiger partial charge in [-0.3, -0.25) is 9.36 Å². The van der Waals surface area contributed by atoms with Crippen LogP contribution in [0.25, 0.3) is 0 Å². The third-order valence-corrected chi connectivity index (χ3v) is 15.2. The van der Waals surface area contributed by atoms with E-state index in [9.17, 15) is 19.4 Å². The van der Waals surface area contributed by atoms with Gasteiger partial charge < -0.3 is 28.8 Å². The molecule has 0 spiro atoms. The fraction of sp³-hybridized carbons (Fsp3) is 0.859. The Morgan fingerprint density at radius 3 is 1.19 bits per heavy atom. The summed E-state index contributed by atoms with van der Waals surface area (Å²) in [5.41, 5.74) is 0. The highest BCUT2D eigenvalue weighted by Crippen LogP contribution is 2.38. The number of rotatable bonds is 58. The number of hydrogen-bond donors (Lipinski definition) is 2. The zero-order valence-corrected chi connectivity index (χ0v) is 50.0. The van der Waals surface area contributed by atoms with Crippen molar-refractivity contribution in [2.75, 3.05) is 40.9 Å². The molecule has 0 aliphatic heterocycles. The van der Waals surface area contributed by atoms with Crippen molar-refractivity contribution in [3.63, 3.8) is 0 Å². The number of carbonyl (C=O) groups is 1. The van der Waals surface area contributed by atoms with Gasteiger partial charge >= 0.3 is 0 Å². The van der Waals surface area contributed by atoms with Gasteiger partial charge in [0.2, 0.25) is 5.91 Å². The number of phosphoric acid groups is 1. The van der Waals surface area contributed by atoms with Gasteiger partial charge in [0.25, 0.3) is 7.82 Å². The fourth-order valence-corrected chi connectivity index (χ4v) is 10.0. The van der Waals surface area contributed by atoms with Crippen molar-refractivity contribution in [2.24, 2.45) is 0 Å². The van der Waals surface area contributed by atoms with Gasteiger partial charge in [0.15, 0.2) is 0 Å². The third-order valence-electron chi connectivity index (χ3n) is 14.3. The molecule has 0 aliphatic carbocycles. The molecule has 0 heterocycles. The molecule has 73 heavy (non-hydrogen) atoms. The molecule has 0 saturated carbocycles. The molecule has 3 atom stereocenters. The first-order valence-corrected chi connectivity index (χ1v) is 33.0. The Morgan fingerprint density at radius 1 is 0.479 bits per heavy atom. The van der Waals surface area contributed by atoms with E-state index in [-0.39, 0.29) is 12.5 Å². The highest BCUT2D eigenvalue weighted by Gasteiger charge is 2.23. The van der Waals surface area contributed by atoms with Crippen LogP contribution < -0.4 is 10.2 Å². The Kier molecular flexibility index (Phi) is 54.1. The summed E-state index contributed by atoms with van der Waals surface area (Å²) in [6.45, 7) is 4.63. The van der Waals surface area contributed by atoms with Crippen LogP contribution in [0.2, 0.25) is 0 Å². The number of amides is 1. The number of likely N-dealkylation sites (N-methyl/N-ethyl adjacent to an activating group) is 1. The van der Waals surface area contributed by atoms with Gasteiger partial charge in [-0.1, -0.05) is 281 Å². The van der Waals surface area contributed by atoms with Gasteiger partial charge in [-0.25, -0.2) is 0 Å². The Hall–Kier alpha value is -1.54. The van der Waals surface area contributed by atoms with Crippen LogP contribution in [0.4, 0.5) is 0 Å². The predicted octanol–water partition coefficient (Wildman–Crippen LogP) is 18.9. The standard InChI is InChI=1S/C64H123N2O6P/c1-6-8-10-12-14-16-18-20-21-22-23-24-25-26-27-28-29-30-31-32-33-34-35-36-37-38-39-40-41-42-43-44-45-46-48-50-52-54-56-58-64(68)65-62(61-72-73(69,70)71-60-59-66(3,4)5)63(67)57-55-53-51-49-47-19-17-15-13-11-9-7-2/h29-30,32-33,47,49,55,57,62-63,67H,6-28,31,34-46,48,50-54,56,58-61H2,1-5H3,(H-,65,68,69,70)/b30-29-,33-32-,49-47+,57-55+. The minimum absolute atomic E-state index is 0.00628. The quantitative estimate of drug-likeness (QED) is 0.0272. The second kappa shape index (κ2) is 55.2. The average Bonchev–Trinajstić information content (AvgIpc) is 3.35. The van der Waals surface area contributed by atoms with Crippen molar-refractivity contribution in [3.05, 3.63) is 48.6 Å². The van der Waals surface area contributed by atoms with E-state index in [1.54, 1.807) is 6.08 Å². The number of unbranched alkanes of at least 4 members (excludes halogenated alkanes) is 39. The summed E-state index contributed by atoms with van der Waals surface area (Å²) in [7, 11) is 1.25. The number of quaternary nitrogens is 1. The lowest BCUT2D eigenvalue weighted by Gasteiger charge is -2.29. The molecule has 0 aromatic heterocycles. The minimum Gasteiger partial charge on any atom is -0.756 e. The highest BCUT2D eigenvalue weighted by molar-refractivity contribution is 7.45. The van der Waals surface area contributed by atoms with Crippen LogP contribution in [-0.4, -0.2) is 68.5 Å². The number of hydrogen-bond acceptors (Lipinski definition) is 6. The van der Waals surface area contributed by atoms with Crippen molar-refractivity contribution in [3.8, 4) is 0 Å². The first-order valence-electron chi connectivity index (χ1n) is 31.5. The van der Waals surface area contributed by atoms with E-state index in [2.05, 4.69) is 55.6 Å². The average molecular weight is 1050 g/mol. The lowest BCUT2D eigenvalue weighted by atomic mass is 10.0. The Bertz CT molecular complexity index is 1330. The molecule has 8 nitrogen and oxygen atoms in total. The van der Waals surface area contributed by atoms with Crippen LogP contribution in [0.15, 0.2) is 48.6 Å². The molecule has 0 aliphatic rings. The van der Waals surface area contributed by atoms with E-state index in [1.165, 1.54) is 238 Å². The maximum atomic E-state index is 12.9. The van der Waals surface area contributed by atoms with Crippen LogP contribution in [0, 0.1) is 0 Å². The highest BCUT2D eigenvalue weighted by atomic mass is 31.2. The van der Waals surface area contributed by atoms with Crippen molar-refractivity contribution >= 4 is 13.7 Å². The summed E-state index contributed by atoms with van der Waals surface area (Å²) >= 11 is 0. The zero-order chi connectivity index (χ0) is 53.5. The van der Waals surface area contributed by atoms with Gasteiger partial charge in [-0.2, -0.15) is 0 Å². The minimum atomic E-state index is -4.60. The molecule has 9 heteroatoms. The lowest BCUT2D eigenvalue weighted by molar-refractivity contribution is -0.870. The molecule has 0 aromatic rings. The van der Waals surface area contributed by atoms with E-state index < -0.39 is 26.6 Å². The van der Waals surface area contributed by atoms with Crippen LogP contribution in [0.3, 0.4) is 0 Å². The molecule has 3 unspecified atom stereocenters. The SMILES string of the molecule is CCCCCCCC/C=C/CC/C=C/C(O)C(COP(=O)([O-])OCC[N+](C)(C)C)NC(=O)CCCCCCCCCCCCCCCCCCC/C=C\C/C=C\CCCCCCCCCCCCCCCCC. The first kappa shape index (κ1) is 71.5. The Labute approximate surface area is 454 Å². The van der Waals surface area contributed by atoms with E-state index >= 15 is 0 Å². The van der Waals surface area contributed by atoms with Gasteiger partial charge in [0.05, 0.1) is 39.9 Å². The van der Waals surface area contributed by atoms with E-state index in [4.69, 9.17) is 9.05 Å². The number of aliphatic hydroxyl groups is 1. The van der Waals surface area contributed by atoms with Crippen LogP contribution in [0.5, 0.6) is 0 Å². The summed E-state index contributed by atoms with van der Waals surface area (Å²) in [6, 6.07) is -0.902. The predicted molar refractivity (Wildman–Crippen MR) is 316 cm³/mol. The Morgan fingerprint density at radius 2 is 0.808 bits per heavy atom. The van der Waals surface area contributed by atoms with E-state index in [0.717, 1.165) is 44.9 Å². The van der Waals surface area contributed by atoms with Crippen LogP contribution >= 0.6 is 7.82 Å². The monoisotopic (exact) mass is 1050 g/mol. The van der Waals surface area contributed by atoms with Crippen molar-refractivity contribution in [1.29, 1.82) is 0 Å².